The highest BCUT2D eigenvalue weighted by Gasteiger charge is 2.28. The van der Waals surface area contributed by atoms with E-state index in [0.29, 0.717) is 43.1 Å². The Morgan fingerprint density at radius 3 is 2.52 bits per heavy atom. The van der Waals surface area contributed by atoms with Crippen molar-refractivity contribution in [2.45, 2.75) is 26.7 Å². The van der Waals surface area contributed by atoms with Crippen molar-refractivity contribution >= 4 is 23.5 Å². The van der Waals surface area contributed by atoms with Gasteiger partial charge in [-0.05, 0) is 50.5 Å². The van der Waals surface area contributed by atoms with Crippen molar-refractivity contribution < 1.29 is 14.3 Å². The van der Waals surface area contributed by atoms with Crippen LogP contribution in [0.15, 0.2) is 18.2 Å². The summed E-state index contributed by atoms with van der Waals surface area (Å²) in [6, 6.07) is 5.35. The van der Waals surface area contributed by atoms with E-state index in [2.05, 4.69) is 0 Å². The van der Waals surface area contributed by atoms with Crippen molar-refractivity contribution in [3.05, 3.63) is 34.3 Å². The van der Waals surface area contributed by atoms with Gasteiger partial charge in [0.1, 0.15) is 0 Å². The lowest BCUT2D eigenvalue weighted by atomic mass is 9.96. The third-order valence-electron chi connectivity index (χ3n) is 3.69. The highest BCUT2D eigenvalue weighted by molar-refractivity contribution is 6.31. The lowest BCUT2D eigenvalue weighted by Crippen LogP contribution is -2.40. The average molecular weight is 310 g/mol. The van der Waals surface area contributed by atoms with E-state index in [4.69, 9.17) is 16.3 Å². The van der Waals surface area contributed by atoms with Crippen molar-refractivity contribution in [3.8, 4) is 0 Å². The van der Waals surface area contributed by atoms with Crippen molar-refractivity contribution in [3.63, 3.8) is 0 Å². The smallest absolute Gasteiger partial charge is 0.309 e. The molecule has 0 unspecified atom stereocenters. The molecule has 0 spiro atoms. The molecule has 114 valence electrons. The van der Waals surface area contributed by atoms with Crippen LogP contribution in [0.1, 0.15) is 35.7 Å². The molecule has 1 heterocycles. The molecule has 1 aromatic rings. The van der Waals surface area contributed by atoms with Gasteiger partial charge in [0.25, 0.3) is 5.91 Å². The molecular formula is C16H20ClNO3. The second-order valence-corrected chi connectivity index (χ2v) is 5.77. The molecule has 0 saturated carbocycles. The van der Waals surface area contributed by atoms with Crippen LogP contribution in [-0.4, -0.2) is 36.5 Å². The van der Waals surface area contributed by atoms with Crippen LogP contribution in [0.25, 0.3) is 0 Å². The van der Waals surface area contributed by atoms with Gasteiger partial charge in [-0.25, -0.2) is 0 Å². The fourth-order valence-corrected chi connectivity index (χ4v) is 2.91. The Hall–Kier alpha value is -1.55. The maximum Gasteiger partial charge on any atom is 0.309 e. The zero-order valence-electron chi connectivity index (χ0n) is 12.4. The van der Waals surface area contributed by atoms with Gasteiger partial charge in [-0.1, -0.05) is 11.6 Å². The molecule has 0 aromatic heterocycles. The number of hydrogen-bond acceptors (Lipinski definition) is 3. The Balaban J connectivity index is 1.98. The number of nitrogens with zero attached hydrogens (tertiary/aromatic N) is 1. The summed E-state index contributed by atoms with van der Waals surface area (Å²) in [6.07, 6.45) is 1.31. The van der Waals surface area contributed by atoms with Crippen molar-refractivity contribution in [2.24, 2.45) is 5.92 Å². The van der Waals surface area contributed by atoms with Crippen LogP contribution >= 0.6 is 11.6 Å². The van der Waals surface area contributed by atoms with Gasteiger partial charge < -0.3 is 9.64 Å². The molecule has 0 radical (unpaired) electrons. The predicted octanol–water partition coefficient (Wildman–Crippen LogP) is 3.06. The van der Waals surface area contributed by atoms with Crippen LogP contribution in [0.2, 0.25) is 5.02 Å². The molecule has 1 amide bonds. The van der Waals surface area contributed by atoms with Crippen molar-refractivity contribution in [1.82, 2.24) is 4.90 Å². The molecule has 1 saturated heterocycles. The van der Waals surface area contributed by atoms with E-state index in [1.165, 1.54) is 0 Å². The van der Waals surface area contributed by atoms with E-state index in [-0.39, 0.29) is 17.8 Å². The van der Waals surface area contributed by atoms with E-state index in [9.17, 15) is 9.59 Å². The number of rotatable bonds is 3. The van der Waals surface area contributed by atoms with Crippen LogP contribution in [0, 0.1) is 12.8 Å². The first-order chi connectivity index (χ1) is 10.0. The van der Waals surface area contributed by atoms with Gasteiger partial charge in [0, 0.05) is 23.7 Å². The molecule has 2 rings (SSSR count). The minimum atomic E-state index is -0.150. The Labute approximate surface area is 130 Å². The van der Waals surface area contributed by atoms with Crippen LogP contribution < -0.4 is 0 Å². The molecule has 1 fully saturated rings. The molecule has 1 aliphatic heterocycles. The summed E-state index contributed by atoms with van der Waals surface area (Å²) in [6.45, 7) is 5.27. The van der Waals surface area contributed by atoms with Gasteiger partial charge in [0.2, 0.25) is 0 Å². The zero-order valence-corrected chi connectivity index (χ0v) is 13.2. The van der Waals surface area contributed by atoms with Crippen LogP contribution in [0.4, 0.5) is 0 Å². The summed E-state index contributed by atoms with van der Waals surface area (Å²) in [5, 5.41) is 0.569. The van der Waals surface area contributed by atoms with Gasteiger partial charge in [0.15, 0.2) is 0 Å². The lowest BCUT2D eigenvalue weighted by Gasteiger charge is -2.31. The molecule has 4 nitrogen and oxygen atoms in total. The number of benzene rings is 1. The molecule has 0 aliphatic carbocycles. The summed E-state index contributed by atoms with van der Waals surface area (Å²) < 4.78 is 5.03. The number of likely N-dealkylation sites (tertiary alicyclic amines) is 1. The molecule has 0 bridgehead atoms. The summed E-state index contributed by atoms with van der Waals surface area (Å²) in [4.78, 5) is 25.9. The number of carbonyl (C=O) groups excluding carboxylic acids is 2. The van der Waals surface area contributed by atoms with Crippen molar-refractivity contribution in [2.75, 3.05) is 19.7 Å². The van der Waals surface area contributed by atoms with Gasteiger partial charge >= 0.3 is 5.97 Å². The van der Waals surface area contributed by atoms with Crippen LogP contribution in [0.3, 0.4) is 0 Å². The predicted molar refractivity (Wildman–Crippen MR) is 81.4 cm³/mol. The summed E-state index contributed by atoms with van der Waals surface area (Å²) in [7, 11) is 0. The highest BCUT2D eigenvalue weighted by atomic mass is 35.5. The Morgan fingerprint density at radius 2 is 1.95 bits per heavy atom. The maximum absolute atomic E-state index is 12.5. The Bertz CT molecular complexity index is 516. The Kier molecular flexibility index (Phi) is 5.23. The average Bonchev–Trinajstić information content (AvgIpc) is 2.46. The van der Waals surface area contributed by atoms with Gasteiger partial charge in [-0.15, -0.1) is 0 Å². The first-order valence-electron chi connectivity index (χ1n) is 7.24. The lowest BCUT2D eigenvalue weighted by molar-refractivity contribution is -0.149. The SMILES string of the molecule is CCOC(=O)C1CCN(C(=O)c2cc(C)cc(Cl)c2)CC1. The van der Waals surface area contributed by atoms with Gasteiger partial charge in [-0.3, -0.25) is 9.59 Å². The number of esters is 1. The number of halogens is 1. The number of amides is 1. The first-order valence-corrected chi connectivity index (χ1v) is 7.62. The normalized spacial score (nSPS) is 15.9. The molecule has 0 atom stereocenters. The summed E-state index contributed by atoms with van der Waals surface area (Å²) in [5.74, 6) is -0.263. The molecule has 5 heteroatoms. The molecule has 21 heavy (non-hydrogen) atoms. The second kappa shape index (κ2) is 6.94. The topological polar surface area (TPSA) is 46.6 Å². The Morgan fingerprint density at radius 1 is 1.29 bits per heavy atom. The third-order valence-corrected chi connectivity index (χ3v) is 3.91. The molecule has 0 N–H and O–H groups in total. The third kappa shape index (κ3) is 3.97. The number of aryl methyl sites for hydroxylation is 1. The molecular weight excluding hydrogens is 290 g/mol. The number of ether oxygens (including phenoxy) is 1. The van der Waals surface area contributed by atoms with Gasteiger partial charge in [-0.2, -0.15) is 0 Å². The number of hydrogen-bond donors (Lipinski definition) is 0. The van der Waals surface area contributed by atoms with E-state index < -0.39 is 0 Å². The maximum atomic E-state index is 12.5. The fourth-order valence-electron chi connectivity index (χ4n) is 2.62. The molecule has 1 aliphatic rings. The van der Waals surface area contributed by atoms with E-state index in [1.54, 1.807) is 17.9 Å². The first kappa shape index (κ1) is 15.8. The zero-order chi connectivity index (χ0) is 15.4. The van der Waals surface area contributed by atoms with Crippen LogP contribution in [-0.2, 0) is 9.53 Å². The van der Waals surface area contributed by atoms with E-state index in [0.717, 1.165) is 5.56 Å². The summed E-state index contributed by atoms with van der Waals surface area (Å²) >= 11 is 6.00. The second-order valence-electron chi connectivity index (χ2n) is 5.34. The largest absolute Gasteiger partial charge is 0.466 e. The van der Waals surface area contributed by atoms with Crippen LogP contribution in [0.5, 0.6) is 0 Å². The summed E-state index contributed by atoms with van der Waals surface area (Å²) in [5.41, 5.74) is 1.57. The number of carbonyl (C=O) groups is 2. The number of piperidine rings is 1. The van der Waals surface area contributed by atoms with E-state index >= 15 is 0 Å². The van der Waals surface area contributed by atoms with Gasteiger partial charge in [0.05, 0.1) is 12.5 Å². The fraction of sp³-hybridized carbons (Fsp3) is 0.500. The monoisotopic (exact) mass is 309 g/mol. The van der Waals surface area contributed by atoms with E-state index in [1.807, 2.05) is 19.1 Å². The highest BCUT2D eigenvalue weighted by Crippen LogP contribution is 2.22. The standard InChI is InChI=1S/C16H20ClNO3/c1-3-21-16(20)12-4-6-18(7-5-12)15(19)13-8-11(2)9-14(17)10-13/h8-10,12H,3-7H2,1-2H3. The molecule has 1 aromatic carbocycles. The minimum absolute atomic E-state index is 0.0251. The minimum Gasteiger partial charge on any atom is -0.466 e. The van der Waals surface area contributed by atoms with Crippen molar-refractivity contribution in [1.29, 1.82) is 0 Å². The quantitative estimate of drug-likeness (QED) is 0.806.